The van der Waals surface area contributed by atoms with E-state index >= 15 is 0 Å². The zero-order valence-corrected chi connectivity index (χ0v) is 16.8. The highest BCUT2D eigenvalue weighted by molar-refractivity contribution is 6.01. The summed E-state index contributed by atoms with van der Waals surface area (Å²) in [6.45, 7) is 2.04. The van der Waals surface area contributed by atoms with Gasteiger partial charge < -0.3 is 0 Å². The highest BCUT2D eigenvalue weighted by Gasteiger charge is 2.37. The molecule has 0 heterocycles. The van der Waals surface area contributed by atoms with E-state index in [2.05, 4.69) is 66.8 Å². The second-order valence-corrected chi connectivity index (χ2v) is 8.48. The third-order valence-corrected chi connectivity index (χ3v) is 6.70. The maximum atomic E-state index is 13.6. The Morgan fingerprint density at radius 2 is 1.76 bits per heavy atom. The zero-order valence-electron chi connectivity index (χ0n) is 16.8. The molecule has 29 heavy (non-hydrogen) atoms. The van der Waals surface area contributed by atoms with Gasteiger partial charge in [-0.15, -0.1) is 0 Å². The number of aryl methyl sites for hydroxylation is 1. The highest BCUT2D eigenvalue weighted by atomic mass is 16.1. The number of rotatable bonds is 4. The average Bonchev–Trinajstić information content (AvgIpc) is 3.43. The second kappa shape index (κ2) is 7.48. The summed E-state index contributed by atoms with van der Waals surface area (Å²) >= 11 is 0. The number of hydrogen-bond acceptors (Lipinski definition) is 1. The van der Waals surface area contributed by atoms with Crippen LogP contribution in [0.1, 0.15) is 28.8 Å². The van der Waals surface area contributed by atoms with Gasteiger partial charge in [-0.05, 0) is 42.0 Å². The summed E-state index contributed by atoms with van der Waals surface area (Å²) in [7, 11) is 0. The van der Waals surface area contributed by atoms with Crippen LogP contribution in [0, 0.1) is 30.6 Å². The van der Waals surface area contributed by atoms with Gasteiger partial charge >= 0.3 is 0 Å². The van der Waals surface area contributed by atoms with Crippen molar-refractivity contribution in [3.05, 3.63) is 119 Å². The first-order valence-corrected chi connectivity index (χ1v) is 10.6. The Bertz CT molecular complexity index is 1050. The van der Waals surface area contributed by atoms with Gasteiger partial charge in [-0.2, -0.15) is 0 Å². The van der Waals surface area contributed by atoms with Crippen molar-refractivity contribution in [2.75, 3.05) is 0 Å². The molecule has 0 aliphatic heterocycles. The molecule has 0 saturated carbocycles. The van der Waals surface area contributed by atoms with Crippen LogP contribution >= 0.6 is 0 Å². The van der Waals surface area contributed by atoms with E-state index in [9.17, 15) is 4.79 Å². The Morgan fingerprint density at radius 1 is 0.931 bits per heavy atom. The van der Waals surface area contributed by atoms with Gasteiger partial charge in [0.15, 0.2) is 5.78 Å². The van der Waals surface area contributed by atoms with Crippen molar-refractivity contribution >= 4 is 5.78 Å². The number of fused-ring (bicyclic) bond motifs is 1. The molecule has 4 aliphatic carbocycles. The summed E-state index contributed by atoms with van der Waals surface area (Å²) in [4.78, 5) is 13.6. The minimum absolute atomic E-state index is 0.0943. The van der Waals surface area contributed by atoms with Gasteiger partial charge in [-0.25, -0.2) is 0 Å². The lowest BCUT2D eigenvalue weighted by Crippen LogP contribution is -2.23. The van der Waals surface area contributed by atoms with E-state index in [1.165, 1.54) is 16.7 Å². The van der Waals surface area contributed by atoms with Crippen LogP contribution in [-0.4, -0.2) is 5.78 Å². The smallest absolute Gasteiger partial charge is 0.170 e. The summed E-state index contributed by atoms with van der Waals surface area (Å²) in [5.74, 6) is 1.24. The van der Waals surface area contributed by atoms with Crippen molar-refractivity contribution in [1.29, 1.82) is 0 Å². The van der Waals surface area contributed by atoms with E-state index in [0.717, 1.165) is 24.0 Å². The fraction of sp³-hybridized carbons (Fsp3) is 0.250. The molecule has 4 atom stereocenters. The molecule has 0 bridgehead atoms. The fourth-order valence-corrected chi connectivity index (χ4v) is 5.05. The topological polar surface area (TPSA) is 17.1 Å². The number of ketones is 1. The molecule has 1 aromatic carbocycles. The number of benzene rings is 1. The van der Waals surface area contributed by atoms with Gasteiger partial charge in [0.1, 0.15) is 0 Å². The normalized spacial score (nSPS) is 29.5. The summed E-state index contributed by atoms with van der Waals surface area (Å²) in [5, 5.41) is 0. The average molecular weight is 379 g/mol. The van der Waals surface area contributed by atoms with Crippen molar-refractivity contribution in [2.45, 2.75) is 19.8 Å². The number of Topliss-reactive ketones (excluding diaryl/α,β-unsaturated/α-hetero) is 1. The molecule has 0 fully saturated rings. The summed E-state index contributed by atoms with van der Waals surface area (Å²) < 4.78 is 0. The van der Waals surface area contributed by atoms with Crippen LogP contribution in [0.3, 0.4) is 0 Å². The van der Waals surface area contributed by atoms with Gasteiger partial charge in [-0.3, -0.25) is 4.79 Å². The third-order valence-electron chi connectivity index (χ3n) is 6.70. The molecule has 1 heteroatoms. The molecular formula is C28H26O. The quantitative estimate of drug-likeness (QED) is 0.548. The summed E-state index contributed by atoms with van der Waals surface area (Å²) in [5.41, 5.74) is 5.96. The first kappa shape index (κ1) is 18.1. The van der Waals surface area contributed by atoms with E-state index < -0.39 is 0 Å². The lowest BCUT2D eigenvalue weighted by Gasteiger charge is -2.28. The van der Waals surface area contributed by atoms with Crippen LogP contribution in [0.15, 0.2) is 108 Å². The minimum Gasteiger partial charge on any atom is -0.293 e. The number of hydrogen-bond donors (Lipinski definition) is 0. The molecule has 4 unspecified atom stereocenters. The molecule has 144 valence electrons. The Balaban J connectivity index is 1.50. The van der Waals surface area contributed by atoms with Crippen LogP contribution < -0.4 is 0 Å². The van der Waals surface area contributed by atoms with Crippen LogP contribution in [0.2, 0.25) is 0 Å². The van der Waals surface area contributed by atoms with E-state index in [1.54, 1.807) is 0 Å². The van der Waals surface area contributed by atoms with E-state index in [0.29, 0.717) is 11.8 Å². The van der Waals surface area contributed by atoms with Crippen molar-refractivity contribution in [3.8, 4) is 0 Å². The first-order chi connectivity index (χ1) is 14.2. The molecule has 0 radical (unpaired) electrons. The van der Waals surface area contributed by atoms with Crippen molar-refractivity contribution < 1.29 is 4.79 Å². The van der Waals surface area contributed by atoms with Gasteiger partial charge in [0.25, 0.3) is 0 Å². The SMILES string of the molecule is Cc1ccccc1C(=O)C1C=C(C2=CC=CC2)CC1C1=CC2C=CC=CC2C=C1. The number of allylic oxidation sites excluding steroid dienone is 14. The maximum absolute atomic E-state index is 13.6. The van der Waals surface area contributed by atoms with Gasteiger partial charge in [0.05, 0.1) is 0 Å². The number of carbonyl (C=O) groups is 1. The lowest BCUT2D eigenvalue weighted by atomic mass is 9.76. The molecule has 0 aromatic heterocycles. The third kappa shape index (κ3) is 3.35. The van der Waals surface area contributed by atoms with Crippen molar-refractivity contribution in [3.63, 3.8) is 0 Å². The molecule has 5 rings (SSSR count). The lowest BCUT2D eigenvalue weighted by molar-refractivity contribution is 0.0925. The minimum atomic E-state index is -0.0943. The Kier molecular flexibility index (Phi) is 4.67. The van der Waals surface area contributed by atoms with Gasteiger partial charge in [-0.1, -0.05) is 91.1 Å². The monoisotopic (exact) mass is 378 g/mol. The Morgan fingerprint density at radius 3 is 2.55 bits per heavy atom. The van der Waals surface area contributed by atoms with Crippen LogP contribution in [0.4, 0.5) is 0 Å². The standard InChI is InChI=1S/C28H26O/c1-19-8-2-7-13-25(19)28(29)27-18-24(20-9-3-4-10-20)17-26(27)23-15-14-21-11-5-6-12-22(21)16-23/h2-9,11-16,18,21-22,26-27H,10,17H2,1H3. The van der Waals surface area contributed by atoms with Crippen LogP contribution in [0.5, 0.6) is 0 Å². The largest absolute Gasteiger partial charge is 0.293 e. The van der Waals surface area contributed by atoms with Crippen molar-refractivity contribution in [1.82, 2.24) is 0 Å². The van der Waals surface area contributed by atoms with Crippen LogP contribution in [0.25, 0.3) is 0 Å². The molecular weight excluding hydrogens is 352 g/mol. The van der Waals surface area contributed by atoms with E-state index in [1.807, 2.05) is 31.2 Å². The Labute approximate surface area is 173 Å². The number of carbonyl (C=O) groups excluding carboxylic acids is 1. The molecule has 0 N–H and O–H groups in total. The van der Waals surface area contributed by atoms with E-state index in [-0.39, 0.29) is 17.6 Å². The fourth-order valence-electron chi connectivity index (χ4n) is 5.05. The Hall–Kier alpha value is -2.93. The zero-order chi connectivity index (χ0) is 19.8. The predicted octanol–water partition coefficient (Wildman–Crippen LogP) is 6.48. The van der Waals surface area contributed by atoms with Gasteiger partial charge in [0, 0.05) is 29.2 Å². The molecule has 0 amide bonds. The maximum Gasteiger partial charge on any atom is 0.170 e. The molecule has 1 nitrogen and oxygen atoms in total. The highest BCUT2D eigenvalue weighted by Crippen LogP contribution is 2.44. The molecule has 0 saturated heterocycles. The molecule has 4 aliphatic rings. The molecule has 1 aromatic rings. The molecule has 0 spiro atoms. The first-order valence-electron chi connectivity index (χ1n) is 10.6. The second-order valence-electron chi connectivity index (χ2n) is 8.48. The van der Waals surface area contributed by atoms with Crippen LogP contribution in [-0.2, 0) is 0 Å². The van der Waals surface area contributed by atoms with Gasteiger partial charge in [0.2, 0.25) is 0 Å². The predicted molar refractivity (Wildman–Crippen MR) is 120 cm³/mol. The summed E-state index contributed by atoms with van der Waals surface area (Å²) in [6, 6.07) is 7.99. The van der Waals surface area contributed by atoms with Crippen molar-refractivity contribution in [2.24, 2.45) is 23.7 Å². The van der Waals surface area contributed by atoms with E-state index in [4.69, 9.17) is 0 Å². The summed E-state index contributed by atoms with van der Waals surface area (Å²) in [6.07, 6.45) is 26.5.